The summed E-state index contributed by atoms with van der Waals surface area (Å²) in [6, 6.07) is 9.37. The van der Waals surface area contributed by atoms with E-state index < -0.39 is 4.92 Å². The minimum Gasteiger partial charge on any atom is -0.504 e. The number of non-ortho nitro benzene ring substituents is 1. The molecule has 0 aliphatic heterocycles. The molecule has 0 amide bonds. The van der Waals surface area contributed by atoms with E-state index in [4.69, 9.17) is 9.47 Å². The Morgan fingerprint density at radius 1 is 1.22 bits per heavy atom. The fraction of sp³-hybridized carbons (Fsp3) is 0.133. The first kappa shape index (κ1) is 16.1. The van der Waals surface area contributed by atoms with E-state index in [-0.39, 0.29) is 22.7 Å². The number of nitrogens with one attached hydrogen (secondary N) is 1. The molecule has 0 radical (unpaired) electrons. The average molecular weight is 317 g/mol. The molecule has 0 saturated heterocycles. The fourth-order valence-corrected chi connectivity index (χ4v) is 1.82. The van der Waals surface area contributed by atoms with Crippen LogP contribution in [0.5, 0.6) is 17.2 Å². The molecule has 0 aromatic heterocycles. The van der Waals surface area contributed by atoms with E-state index in [2.05, 4.69) is 10.5 Å². The number of benzene rings is 2. The number of hydrogen-bond acceptors (Lipinski definition) is 7. The molecule has 2 N–H and O–H groups in total. The van der Waals surface area contributed by atoms with Crippen molar-refractivity contribution in [2.75, 3.05) is 19.6 Å². The van der Waals surface area contributed by atoms with E-state index in [1.54, 1.807) is 31.4 Å². The first-order valence-electron chi connectivity index (χ1n) is 6.53. The van der Waals surface area contributed by atoms with Crippen molar-refractivity contribution in [1.82, 2.24) is 0 Å². The van der Waals surface area contributed by atoms with Gasteiger partial charge in [-0.25, -0.2) is 0 Å². The van der Waals surface area contributed by atoms with Gasteiger partial charge in [-0.2, -0.15) is 5.10 Å². The second-order valence-electron chi connectivity index (χ2n) is 4.44. The van der Waals surface area contributed by atoms with Gasteiger partial charge >= 0.3 is 0 Å². The highest BCUT2D eigenvalue weighted by Gasteiger charge is 2.15. The molecule has 0 aliphatic carbocycles. The van der Waals surface area contributed by atoms with Gasteiger partial charge in [0.05, 0.1) is 37.1 Å². The minimum atomic E-state index is -0.573. The summed E-state index contributed by atoms with van der Waals surface area (Å²) in [5.74, 6) is 0.490. The number of phenols is 1. The zero-order chi connectivity index (χ0) is 16.8. The first-order chi connectivity index (χ1) is 11.0. The Morgan fingerprint density at radius 3 is 2.48 bits per heavy atom. The van der Waals surface area contributed by atoms with Crippen LogP contribution in [0.3, 0.4) is 0 Å². The summed E-state index contributed by atoms with van der Waals surface area (Å²) in [5, 5.41) is 24.8. The SMILES string of the molecule is COc1ccc(N/N=C/c2cc([N+](=O)[O-])cc(OC)c2O)cc1. The quantitative estimate of drug-likeness (QED) is 0.482. The minimum absolute atomic E-state index is 0.00472. The summed E-state index contributed by atoms with van der Waals surface area (Å²) in [6.45, 7) is 0. The Kier molecular flexibility index (Phi) is 4.98. The number of phenolic OH excluding ortho intramolecular Hbond substituents is 1. The highest BCUT2D eigenvalue weighted by molar-refractivity contribution is 5.86. The number of aromatic hydroxyl groups is 1. The molecule has 0 unspecified atom stereocenters. The van der Waals surface area contributed by atoms with Crippen molar-refractivity contribution in [2.45, 2.75) is 0 Å². The number of ether oxygens (including phenoxy) is 2. The van der Waals surface area contributed by atoms with Crippen LogP contribution in [0.4, 0.5) is 11.4 Å². The molecular formula is C15H15N3O5. The van der Waals surface area contributed by atoms with Gasteiger partial charge in [-0.15, -0.1) is 0 Å². The monoisotopic (exact) mass is 317 g/mol. The van der Waals surface area contributed by atoms with Gasteiger partial charge in [-0.05, 0) is 24.3 Å². The lowest BCUT2D eigenvalue weighted by Gasteiger charge is -2.06. The number of hydrogen-bond donors (Lipinski definition) is 2. The van der Waals surface area contributed by atoms with Crippen molar-refractivity contribution in [1.29, 1.82) is 0 Å². The van der Waals surface area contributed by atoms with Crippen LogP contribution in [-0.4, -0.2) is 30.5 Å². The predicted molar refractivity (Wildman–Crippen MR) is 85.5 cm³/mol. The van der Waals surface area contributed by atoms with Crippen molar-refractivity contribution in [2.24, 2.45) is 5.10 Å². The molecular weight excluding hydrogens is 302 g/mol. The standard InChI is InChI=1S/C15H15N3O5/c1-22-13-5-3-11(4-6-13)17-16-9-10-7-12(18(20)21)8-14(23-2)15(10)19/h3-9,17,19H,1-2H3/b16-9+. The van der Waals surface area contributed by atoms with Crippen LogP contribution in [0.1, 0.15) is 5.56 Å². The van der Waals surface area contributed by atoms with Crippen LogP contribution in [-0.2, 0) is 0 Å². The molecule has 0 spiro atoms. The number of methoxy groups -OCH3 is 2. The summed E-state index contributed by atoms with van der Waals surface area (Å²) in [5.41, 5.74) is 3.40. The molecule has 120 valence electrons. The maximum Gasteiger partial charge on any atom is 0.274 e. The molecule has 0 heterocycles. The maximum atomic E-state index is 10.9. The Bertz CT molecular complexity index is 729. The normalized spacial score (nSPS) is 10.5. The second-order valence-corrected chi connectivity index (χ2v) is 4.44. The third kappa shape index (κ3) is 3.88. The van der Waals surface area contributed by atoms with Gasteiger partial charge in [-0.1, -0.05) is 0 Å². The molecule has 0 atom stereocenters. The van der Waals surface area contributed by atoms with Gasteiger partial charge in [0.25, 0.3) is 5.69 Å². The lowest BCUT2D eigenvalue weighted by atomic mass is 10.2. The molecule has 2 rings (SSSR count). The van der Waals surface area contributed by atoms with Crippen LogP contribution in [0.2, 0.25) is 0 Å². The Hall–Kier alpha value is -3.29. The van der Waals surface area contributed by atoms with Crippen molar-refractivity contribution in [3.63, 3.8) is 0 Å². The van der Waals surface area contributed by atoms with E-state index in [1.807, 2.05) is 0 Å². The molecule has 0 bridgehead atoms. The maximum absolute atomic E-state index is 10.9. The van der Waals surface area contributed by atoms with Crippen LogP contribution < -0.4 is 14.9 Å². The second kappa shape index (κ2) is 7.12. The van der Waals surface area contributed by atoms with E-state index in [1.165, 1.54) is 19.4 Å². The number of anilines is 1. The predicted octanol–water partition coefficient (Wildman–Crippen LogP) is 2.76. The van der Waals surface area contributed by atoms with Gasteiger partial charge in [0.15, 0.2) is 11.5 Å². The average Bonchev–Trinajstić information content (AvgIpc) is 2.56. The fourth-order valence-electron chi connectivity index (χ4n) is 1.82. The van der Waals surface area contributed by atoms with Crippen molar-refractivity contribution in [3.05, 3.63) is 52.1 Å². The van der Waals surface area contributed by atoms with Crippen LogP contribution >= 0.6 is 0 Å². The zero-order valence-electron chi connectivity index (χ0n) is 12.5. The summed E-state index contributed by atoms with van der Waals surface area (Å²) in [7, 11) is 2.88. The number of nitrogens with zero attached hydrogens (tertiary/aromatic N) is 2. The largest absolute Gasteiger partial charge is 0.504 e. The lowest BCUT2D eigenvalue weighted by molar-refractivity contribution is -0.385. The number of nitro benzene ring substituents is 1. The molecule has 0 fully saturated rings. The topological polar surface area (TPSA) is 106 Å². The van der Waals surface area contributed by atoms with Gasteiger partial charge in [0, 0.05) is 11.6 Å². The molecule has 0 saturated carbocycles. The van der Waals surface area contributed by atoms with E-state index in [0.717, 1.165) is 6.07 Å². The van der Waals surface area contributed by atoms with Gasteiger partial charge in [0.2, 0.25) is 0 Å². The third-order valence-electron chi connectivity index (χ3n) is 3.01. The van der Waals surface area contributed by atoms with Gasteiger partial charge in [-0.3, -0.25) is 15.5 Å². The van der Waals surface area contributed by atoms with Crippen LogP contribution in [0.15, 0.2) is 41.5 Å². The molecule has 23 heavy (non-hydrogen) atoms. The Balaban J connectivity index is 2.20. The smallest absolute Gasteiger partial charge is 0.274 e. The van der Waals surface area contributed by atoms with Crippen molar-refractivity contribution < 1.29 is 19.5 Å². The van der Waals surface area contributed by atoms with E-state index in [9.17, 15) is 15.2 Å². The molecule has 8 nitrogen and oxygen atoms in total. The van der Waals surface area contributed by atoms with E-state index >= 15 is 0 Å². The Morgan fingerprint density at radius 2 is 1.91 bits per heavy atom. The summed E-state index contributed by atoms with van der Waals surface area (Å²) < 4.78 is 9.96. The Labute approximate surface area is 132 Å². The lowest BCUT2D eigenvalue weighted by Crippen LogP contribution is -1.96. The number of rotatable bonds is 6. The van der Waals surface area contributed by atoms with Gasteiger partial charge < -0.3 is 14.6 Å². The highest BCUT2D eigenvalue weighted by atomic mass is 16.6. The molecule has 2 aromatic rings. The summed E-state index contributed by atoms with van der Waals surface area (Å²) >= 11 is 0. The molecule has 8 heteroatoms. The van der Waals surface area contributed by atoms with Crippen LogP contribution in [0.25, 0.3) is 0 Å². The van der Waals surface area contributed by atoms with E-state index in [0.29, 0.717) is 11.4 Å². The summed E-state index contributed by atoms with van der Waals surface area (Å²) in [6.07, 6.45) is 1.27. The number of hydrazone groups is 1. The highest BCUT2D eigenvalue weighted by Crippen LogP contribution is 2.33. The number of nitro groups is 1. The van der Waals surface area contributed by atoms with Crippen LogP contribution in [0, 0.1) is 10.1 Å². The third-order valence-corrected chi connectivity index (χ3v) is 3.01. The van der Waals surface area contributed by atoms with Crippen molar-refractivity contribution in [3.8, 4) is 17.2 Å². The summed E-state index contributed by atoms with van der Waals surface area (Å²) in [4.78, 5) is 10.3. The zero-order valence-corrected chi connectivity index (χ0v) is 12.5. The van der Waals surface area contributed by atoms with Crippen molar-refractivity contribution >= 4 is 17.6 Å². The molecule has 0 aliphatic rings. The van der Waals surface area contributed by atoms with Gasteiger partial charge in [0.1, 0.15) is 5.75 Å². The first-order valence-corrected chi connectivity index (χ1v) is 6.53. The molecule has 2 aromatic carbocycles.